The van der Waals surface area contributed by atoms with E-state index in [2.05, 4.69) is 5.32 Å². The number of rotatable bonds is 5. The number of ether oxygens (including phenoxy) is 1. The van der Waals surface area contributed by atoms with Gasteiger partial charge in [-0.3, -0.25) is 4.79 Å². The summed E-state index contributed by atoms with van der Waals surface area (Å²) >= 11 is 17.8. The number of esters is 1. The van der Waals surface area contributed by atoms with Crippen LogP contribution in [-0.4, -0.2) is 18.5 Å². The summed E-state index contributed by atoms with van der Waals surface area (Å²) in [7, 11) is 0. The minimum absolute atomic E-state index is 0.102. The van der Waals surface area contributed by atoms with Gasteiger partial charge in [0, 0.05) is 10.6 Å². The van der Waals surface area contributed by atoms with E-state index >= 15 is 0 Å². The second-order valence-electron chi connectivity index (χ2n) is 5.54. The average molecular weight is 443 g/mol. The molecule has 0 aliphatic heterocycles. The molecule has 0 aliphatic carbocycles. The number of anilines is 1. The Kier molecular flexibility index (Phi) is 6.24. The Morgan fingerprint density at radius 2 is 1.64 bits per heavy atom. The predicted molar refractivity (Wildman–Crippen MR) is 104 cm³/mol. The number of nitrogens with one attached hydrogen (secondary N) is 1. The lowest BCUT2D eigenvalue weighted by atomic mass is 10.2. The highest BCUT2D eigenvalue weighted by molar-refractivity contribution is 6.42. The fourth-order valence-corrected chi connectivity index (χ4v) is 3.17. The third kappa shape index (κ3) is 4.84. The van der Waals surface area contributed by atoms with E-state index in [-0.39, 0.29) is 27.3 Å². The average Bonchev–Trinajstić information content (AvgIpc) is 3.13. The molecule has 0 saturated carbocycles. The van der Waals surface area contributed by atoms with Crippen molar-refractivity contribution < 1.29 is 23.1 Å². The van der Waals surface area contributed by atoms with Crippen molar-refractivity contribution >= 4 is 52.4 Å². The van der Waals surface area contributed by atoms with Crippen molar-refractivity contribution in [3.05, 3.63) is 75.2 Å². The SMILES string of the molecule is O=C(COC(=O)c1ccc(-c2ccc(F)cc2)o1)Nc1c(Cl)cc(Cl)cc1Cl. The molecule has 1 aromatic heterocycles. The van der Waals surface area contributed by atoms with Crippen LogP contribution in [0.25, 0.3) is 11.3 Å². The molecule has 1 N–H and O–H groups in total. The van der Waals surface area contributed by atoms with Gasteiger partial charge in [-0.15, -0.1) is 0 Å². The van der Waals surface area contributed by atoms with Crippen molar-refractivity contribution in [1.82, 2.24) is 0 Å². The maximum Gasteiger partial charge on any atom is 0.374 e. The summed E-state index contributed by atoms with van der Waals surface area (Å²) in [5, 5.41) is 3.05. The van der Waals surface area contributed by atoms with Gasteiger partial charge in [0.1, 0.15) is 11.6 Å². The van der Waals surface area contributed by atoms with E-state index in [1.165, 1.54) is 48.5 Å². The maximum absolute atomic E-state index is 13.0. The monoisotopic (exact) mass is 441 g/mol. The highest BCUT2D eigenvalue weighted by Crippen LogP contribution is 2.33. The summed E-state index contributed by atoms with van der Waals surface area (Å²) in [4.78, 5) is 24.0. The predicted octanol–water partition coefficient (Wildman–Crippen LogP) is 5.84. The molecule has 0 fully saturated rings. The van der Waals surface area contributed by atoms with Crippen LogP contribution in [0.1, 0.15) is 10.6 Å². The molecule has 144 valence electrons. The smallest absolute Gasteiger partial charge is 0.374 e. The minimum Gasteiger partial charge on any atom is -0.450 e. The lowest BCUT2D eigenvalue weighted by Gasteiger charge is -2.10. The van der Waals surface area contributed by atoms with Crippen molar-refractivity contribution in [2.45, 2.75) is 0 Å². The lowest BCUT2D eigenvalue weighted by molar-refractivity contribution is -0.119. The van der Waals surface area contributed by atoms with Gasteiger partial charge in [-0.2, -0.15) is 0 Å². The van der Waals surface area contributed by atoms with Crippen LogP contribution in [0.3, 0.4) is 0 Å². The van der Waals surface area contributed by atoms with Crippen molar-refractivity contribution in [3.8, 4) is 11.3 Å². The number of hydrogen-bond donors (Lipinski definition) is 1. The molecule has 0 radical (unpaired) electrons. The lowest BCUT2D eigenvalue weighted by Crippen LogP contribution is -2.21. The summed E-state index contributed by atoms with van der Waals surface area (Å²) in [6, 6.07) is 11.3. The van der Waals surface area contributed by atoms with Gasteiger partial charge in [0.25, 0.3) is 5.91 Å². The molecular formula is C19H11Cl3FNO4. The van der Waals surface area contributed by atoms with Gasteiger partial charge in [-0.1, -0.05) is 34.8 Å². The maximum atomic E-state index is 13.0. The molecular weight excluding hydrogens is 432 g/mol. The molecule has 0 saturated heterocycles. The number of hydrogen-bond acceptors (Lipinski definition) is 4. The quantitative estimate of drug-likeness (QED) is 0.504. The van der Waals surface area contributed by atoms with Gasteiger partial charge in [-0.25, -0.2) is 9.18 Å². The Hall–Kier alpha value is -2.54. The van der Waals surface area contributed by atoms with E-state index in [0.717, 1.165) is 0 Å². The Morgan fingerprint density at radius 1 is 1.00 bits per heavy atom. The van der Waals surface area contributed by atoms with Gasteiger partial charge in [-0.05, 0) is 48.5 Å². The van der Waals surface area contributed by atoms with Gasteiger partial charge < -0.3 is 14.5 Å². The molecule has 1 amide bonds. The molecule has 0 spiro atoms. The summed E-state index contributed by atoms with van der Waals surface area (Å²) in [6.07, 6.45) is 0. The molecule has 2 aromatic carbocycles. The third-order valence-electron chi connectivity index (χ3n) is 3.54. The fourth-order valence-electron chi connectivity index (χ4n) is 2.26. The van der Waals surface area contributed by atoms with Crippen LogP contribution in [0.5, 0.6) is 0 Å². The Balaban J connectivity index is 1.60. The Labute approximate surface area is 173 Å². The number of amides is 1. The number of furan rings is 1. The van der Waals surface area contributed by atoms with Crippen LogP contribution in [-0.2, 0) is 9.53 Å². The van der Waals surface area contributed by atoms with Crippen molar-refractivity contribution in [3.63, 3.8) is 0 Å². The fraction of sp³-hybridized carbons (Fsp3) is 0.0526. The molecule has 9 heteroatoms. The van der Waals surface area contributed by atoms with E-state index in [4.69, 9.17) is 44.0 Å². The van der Waals surface area contributed by atoms with Gasteiger partial charge in [0.15, 0.2) is 6.61 Å². The summed E-state index contributed by atoms with van der Waals surface area (Å²) in [5.41, 5.74) is 0.746. The standard InChI is InChI=1S/C19H11Cl3FNO4/c20-11-7-13(21)18(14(22)8-11)24-17(25)9-27-19(26)16-6-5-15(28-16)10-1-3-12(23)4-2-10/h1-8H,9H2,(H,24,25). The van der Waals surface area contributed by atoms with Gasteiger partial charge in [0.2, 0.25) is 5.76 Å². The van der Waals surface area contributed by atoms with Crippen LogP contribution in [0.2, 0.25) is 15.1 Å². The summed E-state index contributed by atoms with van der Waals surface area (Å²) in [6.45, 7) is -0.583. The number of carbonyl (C=O) groups excluding carboxylic acids is 2. The van der Waals surface area contributed by atoms with Crippen LogP contribution in [0, 0.1) is 5.82 Å². The van der Waals surface area contributed by atoms with Crippen LogP contribution in [0.15, 0.2) is 52.9 Å². The largest absolute Gasteiger partial charge is 0.450 e. The van der Waals surface area contributed by atoms with E-state index in [1.54, 1.807) is 0 Å². The molecule has 0 unspecified atom stereocenters. The highest BCUT2D eigenvalue weighted by atomic mass is 35.5. The van der Waals surface area contributed by atoms with Crippen molar-refractivity contribution in [2.24, 2.45) is 0 Å². The van der Waals surface area contributed by atoms with Crippen LogP contribution in [0.4, 0.5) is 10.1 Å². The van der Waals surface area contributed by atoms with Crippen LogP contribution >= 0.6 is 34.8 Å². The third-order valence-corrected chi connectivity index (χ3v) is 4.36. The molecule has 28 heavy (non-hydrogen) atoms. The van der Waals surface area contributed by atoms with Crippen molar-refractivity contribution in [1.29, 1.82) is 0 Å². The van der Waals surface area contributed by atoms with E-state index in [1.807, 2.05) is 0 Å². The van der Waals surface area contributed by atoms with Gasteiger partial charge in [0.05, 0.1) is 15.7 Å². The Morgan fingerprint density at radius 3 is 2.29 bits per heavy atom. The van der Waals surface area contributed by atoms with E-state index in [9.17, 15) is 14.0 Å². The van der Waals surface area contributed by atoms with Crippen LogP contribution < -0.4 is 5.32 Å². The molecule has 1 heterocycles. The first-order valence-corrected chi connectivity index (χ1v) is 8.94. The molecule has 5 nitrogen and oxygen atoms in total. The first-order valence-electron chi connectivity index (χ1n) is 7.81. The number of carbonyl (C=O) groups is 2. The second-order valence-corrected chi connectivity index (χ2v) is 6.79. The molecule has 3 rings (SSSR count). The zero-order chi connectivity index (χ0) is 20.3. The number of benzene rings is 2. The second kappa shape index (κ2) is 8.65. The summed E-state index contributed by atoms with van der Waals surface area (Å²) < 4.78 is 23.3. The zero-order valence-corrected chi connectivity index (χ0v) is 16.2. The molecule has 3 aromatic rings. The summed E-state index contributed by atoms with van der Waals surface area (Å²) in [5.74, 6) is -1.62. The molecule has 0 atom stereocenters. The number of halogens is 4. The minimum atomic E-state index is -0.836. The zero-order valence-electron chi connectivity index (χ0n) is 14.0. The first kappa shape index (κ1) is 20.2. The molecule has 0 aliphatic rings. The van der Waals surface area contributed by atoms with Crippen molar-refractivity contribution in [2.75, 3.05) is 11.9 Å². The van der Waals surface area contributed by atoms with E-state index in [0.29, 0.717) is 16.3 Å². The Bertz CT molecular complexity index is 1010. The normalized spacial score (nSPS) is 10.6. The molecule has 0 bridgehead atoms. The highest BCUT2D eigenvalue weighted by Gasteiger charge is 2.17. The topological polar surface area (TPSA) is 68.5 Å². The van der Waals surface area contributed by atoms with Gasteiger partial charge >= 0.3 is 5.97 Å². The van der Waals surface area contributed by atoms with E-state index < -0.39 is 18.5 Å². The first-order chi connectivity index (χ1) is 13.3.